The molecular formula is C20H25NO2. The Kier molecular flexibility index (Phi) is 5.43. The van der Waals surface area contributed by atoms with E-state index in [0.29, 0.717) is 5.75 Å². The van der Waals surface area contributed by atoms with Crippen molar-refractivity contribution < 1.29 is 9.53 Å². The van der Waals surface area contributed by atoms with E-state index in [9.17, 15) is 4.79 Å². The minimum atomic E-state index is -0.535. The monoisotopic (exact) mass is 311 g/mol. The van der Waals surface area contributed by atoms with Crippen molar-refractivity contribution in [3.05, 3.63) is 64.7 Å². The molecule has 0 saturated carbocycles. The highest BCUT2D eigenvalue weighted by molar-refractivity contribution is 5.81. The molecule has 122 valence electrons. The second kappa shape index (κ2) is 7.32. The Balaban J connectivity index is 1.96. The Labute approximate surface area is 138 Å². The fraction of sp³-hybridized carbons (Fsp3) is 0.350. The maximum Gasteiger partial charge on any atom is 0.261 e. The van der Waals surface area contributed by atoms with Crippen LogP contribution in [0.5, 0.6) is 5.75 Å². The van der Waals surface area contributed by atoms with Gasteiger partial charge in [0.25, 0.3) is 5.91 Å². The topological polar surface area (TPSA) is 38.3 Å². The first-order chi connectivity index (χ1) is 10.9. The van der Waals surface area contributed by atoms with Crippen LogP contribution in [-0.4, -0.2) is 12.0 Å². The van der Waals surface area contributed by atoms with Crippen LogP contribution in [0, 0.1) is 20.8 Å². The molecule has 23 heavy (non-hydrogen) atoms. The van der Waals surface area contributed by atoms with Gasteiger partial charge in [0.1, 0.15) is 5.75 Å². The molecule has 3 nitrogen and oxygen atoms in total. The van der Waals surface area contributed by atoms with Gasteiger partial charge in [-0.15, -0.1) is 0 Å². The number of hydrogen-bond donors (Lipinski definition) is 1. The molecule has 2 aromatic carbocycles. The molecule has 0 bridgehead atoms. The minimum Gasteiger partial charge on any atom is -0.481 e. The average molecular weight is 311 g/mol. The summed E-state index contributed by atoms with van der Waals surface area (Å²) in [5, 5.41) is 3.01. The fourth-order valence-corrected chi connectivity index (χ4v) is 2.32. The Morgan fingerprint density at radius 1 is 0.957 bits per heavy atom. The van der Waals surface area contributed by atoms with Crippen LogP contribution in [0.25, 0.3) is 0 Å². The maximum absolute atomic E-state index is 12.3. The van der Waals surface area contributed by atoms with Gasteiger partial charge in [0.2, 0.25) is 0 Å². The molecule has 1 N–H and O–H groups in total. The molecular weight excluding hydrogens is 286 g/mol. The number of aryl methyl sites for hydroxylation is 3. The summed E-state index contributed by atoms with van der Waals surface area (Å²) in [5.74, 6) is 0.591. The maximum atomic E-state index is 12.3. The Morgan fingerprint density at radius 2 is 1.61 bits per heavy atom. The molecule has 3 heteroatoms. The van der Waals surface area contributed by atoms with E-state index in [4.69, 9.17) is 4.74 Å². The Morgan fingerprint density at radius 3 is 2.22 bits per heavy atom. The Hall–Kier alpha value is -2.29. The molecule has 0 radical (unpaired) electrons. The number of rotatable bonds is 5. The van der Waals surface area contributed by atoms with E-state index in [1.807, 2.05) is 38.1 Å². The highest BCUT2D eigenvalue weighted by Gasteiger charge is 2.18. The summed E-state index contributed by atoms with van der Waals surface area (Å²) >= 11 is 0. The molecule has 2 atom stereocenters. The molecule has 0 fully saturated rings. The summed E-state index contributed by atoms with van der Waals surface area (Å²) in [4.78, 5) is 12.3. The van der Waals surface area contributed by atoms with Crippen LogP contribution in [-0.2, 0) is 4.79 Å². The highest BCUT2D eigenvalue weighted by atomic mass is 16.5. The normalized spacial score (nSPS) is 13.3. The van der Waals surface area contributed by atoms with Crippen LogP contribution in [0.3, 0.4) is 0 Å². The lowest BCUT2D eigenvalue weighted by molar-refractivity contribution is -0.127. The van der Waals surface area contributed by atoms with Crippen LogP contribution < -0.4 is 10.1 Å². The van der Waals surface area contributed by atoms with Crippen molar-refractivity contribution in [2.75, 3.05) is 0 Å². The number of nitrogens with one attached hydrogen (secondary N) is 1. The van der Waals surface area contributed by atoms with Crippen molar-refractivity contribution in [2.24, 2.45) is 0 Å². The van der Waals surface area contributed by atoms with Crippen molar-refractivity contribution >= 4 is 5.91 Å². The van der Waals surface area contributed by atoms with Gasteiger partial charge in [0.15, 0.2) is 6.10 Å². The first-order valence-corrected chi connectivity index (χ1v) is 7.97. The molecule has 0 unspecified atom stereocenters. The van der Waals surface area contributed by atoms with E-state index in [0.717, 1.165) is 11.1 Å². The van der Waals surface area contributed by atoms with Crippen molar-refractivity contribution in [2.45, 2.75) is 46.8 Å². The van der Waals surface area contributed by atoms with E-state index < -0.39 is 6.10 Å². The quantitative estimate of drug-likeness (QED) is 0.896. The molecule has 1 amide bonds. The third-order valence-corrected chi connectivity index (χ3v) is 4.09. The first-order valence-electron chi connectivity index (χ1n) is 7.97. The average Bonchev–Trinajstić information content (AvgIpc) is 2.52. The van der Waals surface area contributed by atoms with E-state index in [-0.39, 0.29) is 11.9 Å². The Bertz CT molecular complexity index is 677. The van der Waals surface area contributed by atoms with Crippen molar-refractivity contribution in [3.8, 4) is 5.75 Å². The van der Waals surface area contributed by atoms with Gasteiger partial charge in [0, 0.05) is 0 Å². The van der Waals surface area contributed by atoms with Crippen LogP contribution in [0.15, 0.2) is 42.5 Å². The predicted molar refractivity (Wildman–Crippen MR) is 93.7 cm³/mol. The molecule has 0 aliphatic rings. The zero-order valence-electron chi connectivity index (χ0n) is 14.5. The van der Waals surface area contributed by atoms with Gasteiger partial charge in [-0.2, -0.15) is 0 Å². The number of ether oxygens (including phenoxy) is 1. The summed E-state index contributed by atoms with van der Waals surface area (Å²) in [6.07, 6.45) is -0.535. The minimum absolute atomic E-state index is 0.0501. The van der Waals surface area contributed by atoms with Gasteiger partial charge in [0.05, 0.1) is 6.04 Å². The SMILES string of the molecule is Cc1ccc(O[C@H](C)C(=O)N[C@@H](C)c2ccc(C)c(C)c2)cc1. The van der Waals surface area contributed by atoms with Gasteiger partial charge in [-0.25, -0.2) is 0 Å². The molecule has 2 rings (SSSR count). The zero-order chi connectivity index (χ0) is 17.0. The van der Waals surface area contributed by atoms with E-state index >= 15 is 0 Å². The summed E-state index contributed by atoms with van der Waals surface area (Å²) in [6, 6.07) is 13.9. The number of carbonyl (C=O) groups excluding carboxylic acids is 1. The largest absolute Gasteiger partial charge is 0.481 e. The summed E-state index contributed by atoms with van der Waals surface area (Å²) in [5.41, 5.74) is 4.75. The van der Waals surface area contributed by atoms with E-state index in [1.165, 1.54) is 11.1 Å². The summed E-state index contributed by atoms with van der Waals surface area (Å²) in [6.45, 7) is 9.93. The fourth-order valence-electron chi connectivity index (χ4n) is 2.32. The van der Waals surface area contributed by atoms with Crippen molar-refractivity contribution in [1.29, 1.82) is 0 Å². The van der Waals surface area contributed by atoms with Crippen LogP contribution in [0.4, 0.5) is 0 Å². The lowest BCUT2D eigenvalue weighted by Gasteiger charge is -2.19. The smallest absolute Gasteiger partial charge is 0.261 e. The molecule has 0 aliphatic heterocycles. The number of benzene rings is 2. The molecule has 0 aliphatic carbocycles. The number of hydrogen-bond acceptors (Lipinski definition) is 2. The highest BCUT2D eigenvalue weighted by Crippen LogP contribution is 2.18. The lowest BCUT2D eigenvalue weighted by Crippen LogP contribution is -2.37. The lowest BCUT2D eigenvalue weighted by atomic mass is 10.0. The standard InChI is InChI=1S/C20H25NO2/c1-13-6-10-19(11-7-13)23-17(5)20(22)21-16(4)18-9-8-14(2)15(3)12-18/h6-12,16-17H,1-5H3,(H,21,22)/t16-,17+/m0/s1. The van der Waals surface area contributed by atoms with E-state index in [1.54, 1.807) is 6.92 Å². The third kappa shape index (κ3) is 4.59. The van der Waals surface area contributed by atoms with Gasteiger partial charge in [-0.1, -0.05) is 35.9 Å². The molecule has 0 saturated heterocycles. The van der Waals surface area contributed by atoms with Gasteiger partial charge < -0.3 is 10.1 Å². The molecule has 0 spiro atoms. The van der Waals surface area contributed by atoms with Crippen LogP contribution in [0.1, 0.15) is 42.1 Å². The van der Waals surface area contributed by atoms with Gasteiger partial charge >= 0.3 is 0 Å². The van der Waals surface area contributed by atoms with Crippen molar-refractivity contribution in [3.63, 3.8) is 0 Å². The summed E-state index contributed by atoms with van der Waals surface area (Å²) < 4.78 is 5.70. The van der Waals surface area contributed by atoms with E-state index in [2.05, 4.69) is 37.4 Å². The third-order valence-electron chi connectivity index (χ3n) is 4.09. The van der Waals surface area contributed by atoms with Gasteiger partial charge in [-0.05, 0) is 63.4 Å². The molecule has 2 aromatic rings. The first kappa shape index (κ1) is 17.1. The second-order valence-electron chi connectivity index (χ2n) is 6.15. The van der Waals surface area contributed by atoms with Crippen LogP contribution in [0.2, 0.25) is 0 Å². The van der Waals surface area contributed by atoms with Crippen LogP contribution >= 0.6 is 0 Å². The number of carbonyl (C=O) groups is 1. The predicted octanol–water partition coefficient (Wildman–Crippen LogP) is 4.26. The van der Waals surface area contributed by atoms with Gasteiger partial charge in [-0.3, -0.25) is 4.79 Å². The second-order valence-corrected chi connectivity index (χ2v) is 6.15. The number of amides is 1. The van der Waals surface area contributed by atoms with Crippen molar-refractivity contribution in [1.82, 2.24) is 5.32 Å². The zero-order valence-corrected chi connectivity index (χ0v) is 14.5. The molecule has 0 aromatic heterocycles. The summed E-state index contributed by atoms with van der Waals surface area (Å²) in [7, 11) is 0. The molecule has 0 heterocycles.